The molecule has 26 heavy (non-hydrogen) atoms. The molecule has 0 aliphatic rings. The number of ether oxygens (including phenoxy) is 1. The summed E-state index contributed by atoms with van der Waals surface area (Å²) in [7, 11) is 0. The van der Waals surface area contributed by atoms with Gasteiger partial charge in [0.05, 0.1) is 11.3 Å². The van der Waals surface area contributed by atoms with Crippen LogP contribution in [0.25, 0.3) is 0 Å². The van der Waals surface area contributed by atoms with E-state index in [9.17, 15) is 19.1 Å². The molecular formula is C20H14FNO4. The second kappa shape index (κ2) is 7.48. The predicted molar refractivity (Wildman–Crippen MR) is 94.3 cm³/mol. The van der Waals surface area contributed by atoms with Gasteiger partial charge in [0.15, 0.2) is 0 Å². The molecule has 0 saturated carbocycles. The molecule has 0 atom stereocenters. The fourth-order valence-corrected chi connectivity index (χ4v) is 2.33. The second-order valence-electron chi connectivity index (χ2n) is 5.39. The molecule has 0 heterocycles. The SMILES string of the molecule is O=C(Nc1cc(Oc2ccccc2)ccc1C(=O)O)c1cccc(F)c1. The topological polar surface area (TPSA) is 75.6 Å². The zero-order valence-corrected chi connectivity index (χ0v) is 13.5. The lowest BCUT2D eigenvalue weighted by molar-refractivity contribution is 0.0698. The first-order chi connectivity index (χ1) is 12.5. The van der Waals surface area contributed by atoms with Gasteiger partial charge in [-0.2, -0.15) is 0 Å². The molecule has 1 amide bonds. The summed E-state index contributed by atoms with van der Waals surface area (Å²) in [6.45, 7) is 0. The molecule has 0 aliphatic carbocycles. The number of hydrogen-bond acceptors (Lipinski definition) is 3. The number of anilines is 1. The number of carboxylic acids is 1. The summed E-state index contributed by atoms with van der Waals surface area (Å²) in [6.07, 6.45) is 0. The fourth-order valence-electron chi connectivity index (χ4n) is 2.33. The molecule has 0 bridgehead atoms. The fraction of sp³-hybridized carbons (Fsp3) is 0. The molecule has 5 nitrogen and oxygen atoms in total. The summed E-state index contributed by atoms with van der Waals surface area (Å²) in [5, 5.41) is 11.8. The number of carboxylic acid groups (broad SMARTS) is 1. The Hall–Kier alpha value is -3.67. The van der Waals surface area contributed by atoms with Crippen molar-refractivity contribution in [1.82, 2.24) is 0 Å². The maximum atomic E-state index is 13.3. The second-order valence-corrected chi connectivity index (χ2v) is 5.39. The minimum atomic E-state index is -1.20. The van der Waals surface area contributed by atoms with Crippen LogP contribution in [0.1, 0.15) is 20.7 Å². The Morgan fingerprint density at radius 2 is 1.65 bits per heavy atom. The smallest absolute Gasteiger partial charge is 0.337 e. The number of carbonyl (C=O) groups is 2. The molecule has 3 aromatic rings. The van der Waals surface area contributed by atoms with Crippen LogP contribution in [0.15, 0.2) is 72.8 Å². The summed E-state index contributed by atoms with van der Waals surface area (Å²) in [5.41, 5.74) is 0.0334. The molecule has 3 rings (SSSR count). The van der Waals surface area contributed by atoms with Gasteiger partial charge in [0.25, 0.3) is 5.91 Å². The van der Waals surface area contributed by atoms with Gasteiger partial charge in [0.1, 0.15) is 17.3 Å². The molecule has 0 aromatic heterocycles. The average Bonchev–Trinajstić information content (AvgIpc) is 2.62. The van der Waals surface area contributed by atoms with Crippen LogP contribution in [0.3, 0.4) is 0 Å². The van der Waals surface area contributed by atoms with Crippen LogP contribution in [-0.2, 0) is 0 Å². The number of aromatic carboxylic acids is 1. The van der Waals surface area contributed by atoms with E-state index < -0.39 is 17.7 Å². The van der Waals surface area contributed by atoms with Gasteiger partial charge in [-0.25, -0.2) is 9.18 Å². The van der Waals surface area contributed by atoms with E-state index in [4.69, 9.17) is 4.74 Å². The average molecular weight is 351 g/mol. The molecule has 2 N–H and O–H groups in total. The highest BCUT2D eigenvalue weighted by molar-refractivity contribution is 6.07. The summed E-state index contributed by atoms with van der Waals surface area (Å²) in [4.78, 5) is 23.7. The highest BCUT2D eigenvalue weighted by Gasteiger charge is 2.15. The van der Waals surface area contributed by atoms with Gasteiger partial charge in [0.2, 0.25) is 0 Å². The molecule has 130 valence electrons. The Bertz CT molecular complexity index is 957. The molecule has 0 saturated heterocycles. The molecule has 0 radical (unpaired) electrons. The van der Waals surface area contributed by atoms with E-state index in [-0.39, 0.29) is 16.8 Å². The monoisotopic (exact) mass is 351 g/mol. The van der Waals surface area contributed by atoms with Crippen LogP contribution in [0, 0.1) is 5.82 Å². The normalized spacial score (nSPS) is 10.2. The molecular weight excluding hydrogens is 337 g/mol. The highest BCUT2D eigenvalue weighted by atomic mass is 19.1. The minimum Gasteiger partial charge on any atom is -0.478 e. The maximum absolute atomic E-state index is 13.3. The van der Waals surface area contributed by atoms with Gasteiger partial charge in [-0.15, -0.1) is 0 Å². The number of hydrogen-bond donors (Lipinski definition) is 2. The van der Waals surface area contributed by atoms with Crippen LogP contribution in [0.5, 0.6) is 11.5 Å². The quantitative estimate of drug-likeness (QED) is 0.706. The van der Waals surface area contributed by atoms with Crippen LogP contribution in [-0.4, -0.2) is 17.0 Å². The minimum absolute atomic E-state index is 0.0557. The number of rotatable bonds is 5. The summed E-state index contributed by atoms with van der Waals surface area (Å²) < 4.78 is 18.9. The molecule has 6 heteroatoms. The van der Waals surface area contributed by atoms with Crippen LogP contribution < -0.4 is 10.1 Å². The van der Waals surface area contributed by atoms with Crippen molar-refractivity contribution in [1.29, 1.82) is 0 Å². The lowest BCUT2D eigenvalue weighted by Crippen LogP contribution is -2.15. The predicted octanol–water partition coefficient (Wildman–Crippen LogP) is 4.57. The van der Waals surface area contributed by atoms with Gasteiger partial charge in [-0.1, -0.05) is 24.3 Å². The van der Waals surface area contributed by atoms with Crippen LogP contribution >= 0.6 is 0 Å². The van der Waals surface area contributed by atoms with Crippen molar-refractivity contribution in [3.05, 3.63) is 89.7 Å². The van der Waals surface area contributed by atoms with Gasteiger partial charge in [-0.3, -0.25) is 4.79 Å². The van der Waals surface area contributed by atoms with E-state index >= 15 is 0 Å². The largest absolute Gasteiger partial charge is 0.478 e. The number of benzene rings is 3. The molecule has 0 unspecified atom stereocenters. The molecule has 0 aliphatic heterocycles. The van der Waals surface area contributed by atoms with Gasteiger partial charge in [-0.05, 0) is 42.5 Å². The van der Waals surface area contributed by atoms with Gasteiger partial charge < -0.3 is 15.2 Å². The Labute approximate surface area is 148 Å². The third-order valence-electron chi connectivity index (χ3n) is 3.54. The first-order valence-electron chi connectivity index (χ1n) is 7.70. The van der Waals surface area contributed by atoms with Crippen molar-refractivity contribution in [2.75, 3.05) is 5.32 Å². The van der Waals surface area contributed by atoms with Gasteiger partial charge >= 0.3 is 5.97 Å². The summed E-state index contributed by atoms with van der Waals surface area (Å²) >= 11 is 0. The maximum Gasteiger partial charge on any atom is 0.337 e. The van der Waals surface area contributed by atoms with E-state index in [1.165, 1.54) is 36.4 Å². The first kappa shape index (κ1) is 17.2. The Kier molecular flexibility index (Phi) is 4.94. The number of carbonyl (C=O) groups excluding carboxylic acids is 1. The Morgan fingerprint density at radius 1 is 0.885 bits per heavy atom. The molecule has 0 fully saturated rings. The van der Waals surface area contributed by atoms with Crippen molar-refractivity contribution in [3.8, 4) is 11.5 Å². The van der Waals surface area contributed by atoms with E-state index in [1.54, 1.807) is 24.3 Å². The first-order valence-corrected chi connectivity index (χ1v) is 7.70. The van der Waals surface area contributed by atoms with Gasteiger partial charge in [0, 0.05) is 11.6 Å². The number of nitrogens with one attached hydrogen (secondary N) is 1. The summed E-state index contributed by atoms with van der Waals surface area (Å²) in [6, 6.07) is 18.3. The number of amides is 1. The highest BCUT2D eigenvalue weighted by Crippen LogP contribution is 2.27. The molecule has 3 aromatic carbocycles. The lowest BCUT2D eigenvalue weighted by atomic mass is 10.1. The van der Waals surface area contributed by atoms with Crippen molar-refractivity contribution >= 4 is 17.6 Å². The number of para-hydroxylation sites is 1. The van der Waals surface area contributed by atoms with Crippen LogP contribution in [0.2, 0.25) is 0 Å². The van der Waals surface area contributed by atoms with E-state index in [1.807, 2.05) is 6.07 Å². The zero-order valence-electron chi connectivity index (χ0n) is 13.5. The van der Waals surface area contributed by atoms with Crippen molar-refractivity contribution in [2.24, 2.45) is 0 Å². The third kappa shape index (κ3) is 4.05. The van der Waals surface area contributed by atoms with E-state index in [0.717, 1.165) is 6.07 Å². The Morgan fingerprint density at radius 3 is 2.35 bits per heavy atom. The Balaban J connectivity index is 1.89. The van der Waals surface area contributed by atoms with E-state index in [0.29, 0.717) is 11.5 Å². The van der Waals surface area contributed by atoms with Crippen molar-refractivity contribution < 1.29 is 23.8 Å². The lowest BCUT2D eigenvalue weighted by Gasteiger charge is -2.12. The third-order valence-corrected chi connectivity index (χ3v) is 3.54. The summed E-state index contributed by atoms with van der Waals surface area (Å²) in [5.74, 6) is -1.46. The standard InChI is InChI=1S/C20H14FNO4/c21-14-6-4-5-13(11-14)19(23)22-18-12-16(9-10-17(18)20(24)25)26-15-7-2-1-3-8-15/h1-12H,(H,22,23)(H,24,25). The van der Waals surface area contributed by atoms with Crippen molar-refractivity contribution in [3.63, 3.8) is 0 Å². The van der Waals surface area contributed by atoms with E-state index in [2.05, 4.69) is 5.32 Å². The van der Waals surface area contributed by atoms with Crippen LogP contribution in [0.4, 0.5) is 10.1 Å². The molecule has 0 spiro atoms. The van der Waals surface area contributed by atoms with Crippen molar-refractivity contribution in [2.45, 2.75) is 0 Å². The number of halogens is 1. The zero-order chi connectivity index (χ0) is 18.5.